The first-order chi connectivity index (χ1) is 8.20. The number of nitrogens with zero attached hydrogens (tertiary/aromatic N) is 1. The van der Waals surface area contributed by atoms with E-state index in [0.717, 1.165) is 16.7 Å². The van der Waals surface area contributed by atoms with Crippen molar-refractivity contribution in [1.29, 1.82) is 0 Å². The van der Waals surface area contributed by atoms with Gasteiger partial charge in [-0.2, -0.15) is 5.10 Å². The van der Waals surface area contributed by atoms with Crippen LogP contribution in [0.1, 0.15) is 5.56 Å². The number of phenolic OH excluding ortho intramolecular Hbond substituents is 1. The maximum atomic E-state index is 9.23. The molecule has 4 nitrogen and oxygen atoms in total. The summed E-state index contributed by atoms with van der Waals surface area (Å²) in [5.41, 5.74) is 8.42. The Hall–Kier alpha value is -2.49. The van der Waals surface area contributed by atoms with Gasteiger partial charge >= 0.3 is 0 Å². The van der Waals surface area contributed by atoms with Crippen LogP contribution in [0.25, 0.3) is 11.1 Å². The van der Waals surface area contributed by atoms with E-state index in [1.54, 1.807) is 12.1 Å². The van der Waals surface area contributed by atoms with E-state index < -0.39 is 0 Å². The highest BCUT2D eigenvalue weighted by Gasteiger charge is 2.02. The van der Waals surface area contributed by atoms with E-state index in [-0.39, 0.29) is 5.75 Å². The molecule has 2 rings (SSSR count). The number of benzene rings is 2. The Morgan fingerprint density at radius 1 is 1.00 bits per heavy atom. The van der Waals surface area contributed by atoms with Crippen molar-refractivity contribution in [2.24, 2.45) is 16.7 Å². The van der Waals surface area contributed by atoms with Crippen LogP contribution in [0.2, 0.25) is 0 Å². The zero-order chi connectivity index (χ0) is 12.3. The average Bonchev–Trinajstić information content (AvgIpc) is 2.39. The number of amidine groups is 1. The molecule has 0 fully saturated rings. The summed E-state index contributed by atoms with van der Waals surface area (Å²) in [6, 6.07) is 14.5. The van der Waals surface area contributed by atoms with Gasteiger partial charge in [0.2, 0.25) is 0 Å². The maximum Gasteiger partial charge on any atom is 0.150 e. The third kappa shape index (κ3) is 2.36. The quantitative estimate of drug-likeness (QED) is 0.315. The smallest absolute Gasteiger partial charge is 0.150 e. The lowest BCUT2D eigenvalue weighted by Gasteiger charge is -2.05. The number of nitrogens with two attached hydrogens (primary N) is 2. The van der Waals surface area contributed by atoms with Crippen LogP contribution in [-0.2, 0) is 0 Å². The zero-order valence-electron chi connectivity index (χ0n) is 9.17. The summed E-state index contributed by atoms with van der Waals surface area (Å²) in [7, 11) is 0. The Balaban J connectivity index is 2.43. The standard InChI is InChI=1S/C13H13N3O/c14-13(16-15)11-3-1-2-10(8-11)9-4-6-12(17)7-5-9/h1-8,17H,15H2,(H2,14,16). The molecular formula is C13H13N3O. The minimum Gasteiger partial charge on any atom is -0.508 e. The summed E-state index contributed by atoms with van der Waals surface area (Å²) in [6.07, 6.45) is 0. The number of aromatic hydroxyl groups is 1. The highest BCUT2D eigenvalue weighted by atomic mass is 16.3. The molecule has 17 heavy (non-hydrogen) atoms. The van der Waals surface area contributed by atoms with Gasteiger partial charge in [0.15, 0.2) is 0 Å². The molecule has 0 saturated heterocycles. The molecule has 0 saturated carbocycles. The van der Waals surface area contributed by atoms with Gasteiger partial charge in [0.05, 0.1) is 0 Å². The molecule has 0 aliphatic rings. The van der Waals surface area contributed by atoms with Crippen molar-refractivity contribution in [3.63, 3.8) is 0 Å². The lowest BCUT2D eigenvalue weighted by Crippen LogP contribution is -2.15. The van der Waals surface area contributed by atoms with Gasteiger partial charge in [-0.05, 0) is 29.3 Å². The minimum atomic E-state index is 0.243. The lowest BCUT2D eigenvalue weighted by atomic mass is 10.0. The van der Waals surface area contributed by atoms with E-state index in [1.165, 1.54) is 0 Å². The van der Waals surface area contributed by atoms with E-state index in [2.05, 4.69) is 5.10 Å². The second-order valence-electron chi connectivity index (χ2n) is 3.64. The predicted molar refractivity (Wildman–Crippen MR) is 68.5 cm³/mol. The molecule has 0 amide bonds. The van der Waals surface area contributed by atoms with E-state index in [4.69, 9.17) is 11.6 Å². The van der Waals surface area contributed by atoms with Crippen LogP contribution in [0.15, 0.2) is 53.6 Å². The van der Waals surface area contributed by atoms with Crippen LogP contribution in [-0.4, -0.2) is 10.9 Å². The van der Waals surface area contributed by atoms with E-state index in [9.17, 15) is 5.11 Å². The maximum absolute atomic E-state index is 9.23. The van der Waals surface area contributed by atoms with Crippen LogP contribution in [0.4, 0.5) is 0 Å². The highest BCUT2D eigenvalue weighted by molar-refractivity contribution is 5.98. The van der Waals surface area contributed by atoms with Crippen molar-refractivity contribution in [3.8, 4) is 16.9 Å². The number of rotatable bonds is 2. The fourth-order valence-corrected chi connectivity index (χ4v) is 1.59. The van der Waals surface area contributed by atoms with Gasteiger partial charge in [-0.25, -0.2) is 0 Å². The summed E-state index contributed by atoms with van der Waals surface area (Å²) in [4.78, 5) is 0. The molecule has 0 aliphatic carbocycles. The van der Waals surface area contributed by atoms with Crippen LogP contribution < -0.4 is 11.6 Å². The summed E-state index contributed by atoms with van der Waals surface area (Å²) >= 11 is 0. The molecule has 2 aromatic rings. The number of phenols is 1. The van der Waals surface area contributed by atoms with E-state index in [1.807, 2.05) is 36.4 Å². The van der Waals surface area contributed by atoms with Gasteiger partial charge in [-0.1, -0.05) is 30.3 Å². The van der Waals surface area contributed by atoms with Crippen LogP contribution in [0, 0.1) is 0 Å². The third-order valence-corrected chi connectivity index (χ3v) is 2.50. The number of hydrogen-bond donors (Lipinski definition) is 3. The van der Waals surface area contributed by atoms with Gasteiger partial charge in [-0.3, -0.25) is 0 Å². The summed E-state index contributed by atoms with van der Waals surface area (Å²) in [5.74, 6) is 5.68. The van der Waals surface area contributed by atoms with Crippen molar-refractivity contribution in [2.75, 3.05) is 0 Å². The van der Waals surface area contributed by atoms with Gasteiger partial charge in [0.25, 0.3) is 0 Å². The molecule has 4 heteroatoms. The van der Waals surface area contributed by atoms with Crippen LogP contribution in [0.5, 0.6) is 5.75 Å². The Morgan fingerprint density at radius 2 is 1.71 bits per heavy atom. The molecule has 0 bridgehead atoms. The Labute approximate surface area is 99.2 Å². The average molecular weight is 227 g/mol. The molecule has 0 radical (unpaired) electrons. The molecular weight excluding hydrogens is 214 g/mol. The molecule has 0 atom stereocenters. The molecule has 0 aromatic heterocycles. The molecule has 0 unspecified atom stereocenters. The first kappa shape index (κ1) is 11.0. The third-order valence-electron chi connectivity index (χ3n) is 2.50. The van der Waals surface area contributed by atoms with Crippen LogP contribution >= 0.6 is 0 Å². The summed E-state index contributed by atoms with van der Waals surface area (Å²) in [5, 5.41) is 12.7. The first-order valence-corrected chi connectivity index (χ1v) is 5.14. The largest absolute Gasteiger partial charge is 0.508 e. The molecule has 86 valence electrons. The SMILES string of the molecule is N/N=C(\N)c1cccc(-c2ccc(O)cc2)c1. The van der Waals surface area contributed by atoms with Gasteiger partial charge < -0.3 is 16.7 Å². The molecule has 0 heterocycles. The van der Waals surface area contributed by atoms with Gasteiger partial charge in [0, 0.05) is 5.56 Å². The van der Waals surface area contributed by atoms with Crippen molar-refractivity contribution < 1.29 is 5.11 Å². The highest BCUT2D eigenvalue weighted by Crippen LogP contribution is 2.22. The van der Waals surface area contributed by atoms with E-state index in [0.29, 0.717) is 5.84 Å². The minimum absolute atomic E-state index is 0.243. The fraction of sp³-hybridized carbons (Fsp3) is 0. The molecule has 2 aromatic carbocycles. The Bertz CT molecular complexity index is 547. The Kier molecular flexibility index (Phi) is 2.96. The fourth-order valence-electron chi connectivity index (χ4n) is 1.59. The monoisotopic (exact) mass is 227 g/mol. The molecule has 5 N–H and O–H groups in total. The number of hydrogen-bond acceptors (Lipinski definition) is 3. The normalized spacial score (nSPS) is 11.4. The van der Waals surface area contributed by atoms with Gasteiger partial charge in [0.1, 0.15) is 11.6 Å². The lowest BCUT2D eigenvalue weighted by molar-refractivity contribution is 0.475. The predicted octanol–water partition coefficient (Wildman–Crippen LogP) is 1.64. The van der Waals surface area contributed by atoms with Gasteiger partial charge in [-0.15, -0.1) is 0 Å². The van der Waals surface area contributed by atoms with Crippen LogP contribution in [0.3, 0.4) is 0 Å². The van der Waals surface area contributed by atoms with E-state index >= 15 is 0 Å². The molecule has 0 aliphatic heterocycles. The summed E-state index contributed by atoms with van der Waals surface area (Å²) < 4.78 is 0. The number of hydrazone groups is 1. The first-order valence-electron chi connectivity index (χ1n) is 5.14. The zero-order valence-corrected chi connectivity index (χ0v) is 9.17. The van der Waals surface area contributed by atoms with Crippen molar-refractivity contribution in [3.05, 3.63) is 54.1 Å². The van der Waals surface area contributed by atoms with Crippen molar-refractivity contribution in [2.45, 2.75) is 0 Å². The summed E-state index contributed by atoms with van der Waals surface area (Å²) in [6.45, 7) is 0. The Morgan fingerprint density at radius 3 is 2.35 bits per heavy atom. The van der Waals surface area contributed by atoms with Crippen molar-refractivity contribution >= 4 is 5.84 Å². The van der Waals surface area contributed by atoms with Crippen molar-refractivity contribution in [1.82, 2.24) is 0 Å². The molecule has 0 spiro atoms. The second-order valence-corrected chi connectivity index (χ2v) is 3.64. The topological polar surface area (TPSA) is 84.6 Å². The second kappa shape index (κ2) is 4.57.